The first kappa shape index (κ1) is 12.7. The number of hydrogen-bond acceptors (Lipinski definition) is 4. The zero-order valence-electron chi connectivity index (χ0n) is 10.8. The minimum absolute atomic E-state index is 0.208. The maximum absolute atomic E-state index is 11.4. The summed E-state index contributed by atoms with van der Waals surface area (Å²) in [5, 5.41) is 3.36. The highest BCUT2D eigenvalue weighted by Crippen LogP contribution is 2.23. The third-order valence-electron chi connectivity index (χ3n) is 3.04. The van der Waals surface area contributed by atoms with Gasteiger partial charge in [-0.25, -0.2) is 4.98 Å². The van der Waals surface area contributed by atoms with Crippen LogP contribution < -0.4 is 10.1 Å². The van der Waals surface area contributed by atoms with Crippen LogP contribution in [0.1, 0.15) is 19.8 Å². The largest absolute Gasteiger partial charge is 0.490 e. The number of likely N-dealkylation sites (tertiary alicyclic amines) is 1. The summed E-state index contributed by atoms with van der Waals surface area (Å²) >= 11 is 0. The highest BCUT2D eigenvalue weighted by molar-refractivity contribution is 5.77. The standard InChI is InChI=1S/C13H19N3O2/c1-3-18-11-5-4-8-14-13(11)15-10-6-7-12(17)16(2)9-10/h4-5,8,10H,3,6-7,9H2,1-2H3,(H,14,15). The molecule has 0 aromatic carbocycles. The molecule has 0 bridgehead atoms. The zero-order valence-corrected chi connectivity index (χ0v) is 10.8. The number of carbonyl (C=O) groups excluding carboxylic acids is 1. The average molecular weight is 249 g/mol. The molecular formula is C13H19N3O2. The van der Waals surface area contributed by atoms with Crippen LogP contribution >= 0.6 is 0 Å². The molecule has 0 radical (unpaired) electrons. The Balaban J connectivity index is 2.03. The summed E-state index contributed by atoms with van der Waals surface area (Å²) in [7, 11) is 1.83. The van der Waals surface area contributed by atoms with Crippen molar-refractivity contribution in [1.29, 1.82) is 0 Å². The molecule has 0 saturated carbocycles. The van der Waals surface area contributed by atoms with Crippen LogP contribution in [0, 0.1) is 0 Å². The molecule has 18 heavy (non-hydrogen) atoms. The summed E-state index contributed by atoms with van der Waals surface area (Å²) in [5.74, 6) is 1.73. The van der Waals surface area contributed by atoms with E-state index in [0.29, 0.717) is 19.6 Å². The molecule has 1 aromatic rings. The van der Waals surface area contributed by atoms with E-state index in [9.17, 15) is 4.79 Å². The third-order valence-corrected chi connectivity index (χ3v) is 3.04. The monoisotopic (exact) mass is 249 g/mol. The fraction of sp³-hybridized carbons (Fsp3) is 0.538. The molecule has 5 nitrogen and oxygen atoms in total. The maximum atomic E-state index is 11.4. The summed E-state index contributed by atoms with van der Waals surface area (Å²) in [6.45, 7) is 3.27. The van der Waals surface area contributed by atoms with Gasteiger partial charge >= 0.3 is 0 Å². The van der Waals surface area contributed by atoms with Gasteiger partial charge in [-0.15, -0.1) is 0 Å². The van der Waals surface area contributed by atoms with Crippen molar-refractivity contribution < 1.29 is 9.53 Å². The molecule has 0 spiro atoms. The number of nitrogens with one attached hydrogen (secondary N) is 1. The van der Waals surface area contributed by atoms with Gasteiger partial charge in [-0.2, -0.15) is 0 Å². The normalized spacial score (nSPS) is 19.8. The number of rotatable bonds is 4. The van der Waals surface area contributed by atoms with Gasteiger partial charge in [0.1, 0.15) is 0 Å². The molecule has 1 atom stereocenters. The summed E-state index contributed by atoms with van der Waals surface area (Å²) in [5.41, 5.74) is 0. The number of likely N-dealkylation sites (N-methyl/N-ethyl adjacent to an activating group) is 1. The van der Waals surface area contributed by atoms with Crippen molar-refractivity contribution in [2.45, 2.75) is 25.8 Å². The minimum Gasteiger partial charge on any atom is -0.490 e. The van der Waals surface area contributed by atoms with Gasteiger partial charge in [-0.3, -0.25) is 4.79 Å². The Labute approximate surface area is 107 Å². The first-order valence-electron chi connectivity index (χ1n) is 6.29. The van der Waals surface area contributed by atoms with Crippen LogP contribution in [0.25, 0.3) is 0 Å². The summed E-state index contributed by atoms with van der Waals surface area (Å²) < 4.78 is 5.52. The van der Waals surface area contributed by atoms with Crippen LogP contribution in [0.3, 0.4) is 0 Å². The van der Waals surface area contributed by atoms with E-state index < -0.39 is 0 Å². The lowest BCUT2D eigenvalue weighted by Gasteiger charge is -2.30. The Morgan fingerprint density at radius 2 is 2.44 bits per heavy atom. The lowest BCUT2D eigenvalue weighted by molar-refractivity contribution is -0.132. The van der Waals surface area contributed by atoms with Gasteiger partial charge < -0.3 is 15.0 Å². The molecule has 0 aliphatic carbocycles. The average Bonchev–Trinajstić information content (AvgIpc) is 2.37. The van der Waals surface area contributed by atoms with Crippen molar-refractivity contribution in [3.05, 3.63) is 18.3 Å². The predicted molar refractivity (Wildman–Crippen MR) is 69.7 cm³/mol. The fourth-order valence-corrected chi connectivity index (χ4v) is 2.09. The van der Waals surface area contributed by atoms with Crippen molar-refractivity contribution in [2.75, 3.05) is 25.5 Å². The van der Waals surface area contributed by atoms with Crippen LogP contribution in [-0.2, 0) is 4.79 Å². The van der Waals surface area contributed by atoms with Gasteiger partial charge in [0.2, 0.25) is 5.91 Å². The molecule has 1 saturated heterocycles. The van der Waals surface area contributed by atoms with Gasteiger partial charge in [0.25, 0.3) is 0 Å². The van der Waals surface area contributed by atoms with Crippen LogP contribution in [-0.4, -0.2) is 42.0 Å². The minimum atomic E-state index is 0.208. The van der Waals surface area contributed by atoms with Crippen LogP contribution in [0.4, 0.5) is 5.82 Å². The van der Waals surface area contributed by atoms with Crippen molar-refractivity contribution >= 4 is 11.7 Å². The molecule has 1 aromatic heterocycles. The molecule has 1 N–H and O–H groups in total. The Kier molecular flexibility index (Phi) is 4.02. The maximum Gasteiger partial charge on any atom is 0.222 e. The van der Waals surface area contributed by atoms with Gasteiger partial charge in [0.15, 0.2) is 11.6 Å². The van der Waals surface area contributed by atoms with Crippen LogP contribution in [0.5, 0.6) is 5.75 Å². The van der Waals surface area contributed by atoms with E-state index in [4.69, 9.17) is 4.74 Å². The second kappa shape index (κ2) is 5.71. The second-order valence-electron chi connectivity index (χ2n) is 4.44. The number of aromatic nitrogens is 1. The second-order valence-corrected chi connectivity index (χ2v) is 4.44. The van der Waals surface area contributed by atoms with Crippen molar-refractivity contribution in [3.63, 3.8) is 0 Å². The van der Waals surface area contributed by atoms with Gasteiger partial charge in [-0.1, -0.05) is 0 Å². The number of piperidine rings is 1. The topological polar surface area (TPSA) is 54.5 Å². The van der Waals surface area contributed by atoms with E-state index in [1.165, 1.54) is 0 Å². The van der Waals surface area contributed by atoms with E-state index in [-0.39, 0.29) is 11.9 Å². The van der Waals surface area contributed by atoms with E-state index in [0.717, 1.165) is 18.0 Å². The van der Waals surface area contributed by atoms with Gasteiger partial charge in [0, 0.05) is 32.3 Å². The predicted octanol–water partition coefficient (Wildman–Crippen LogP) is 1.51. The van der Waals surface area contributed by atoms with E-state index in [1.54, 1.807) is 11.1 Å². The first-order chi connectivity index (χ1) is 8.70. The molecule has 1 aliphatic heterocycles. The smallest absolute Gasteiger partial charge is 0.222 e. The van der Waals surface area contributed by atoms with Crippen molar-refractivity contribution in [3.8, 4) is 5.75 Å². The fourth-order valence-electron chi connectivity index (χ4n) is 2.09. The molecule has 1 unspecified atom stereocenters. The van der Waals surface area contributed by atoms with E-state index in [1.807, 2.05) is 26.1 Å². The summed E-state index contributed by atoms with van der Waals surface area (Å²) in [6, 6.07) is 3.99. The van der Waals surface area contributed by atoms with Crippen LogP contribution in [0.2, 0.25) is 0 Å². The lowest BCUT2D eigenvalue weighted by atomic mass is 10.1. The Bertz CT molecular complexity index is 422. The quantitative estimate of drug-likeness (QED) is 0.879. The number of nitrogens with zero attached hydrogens (tertiary/aromatic N) is 2. The number of amides is 1. The lowest BCUT2D eigenvalue weighted by Crippen LogP contribution is -2.43. The van der Waals surface area contributed by atoms with Crippen molar-refractivity contribution in [2.24, 2.45) is 0 Å². The molecular weight excluding hydrogens is 230 g/mol. The van der Waals surface area contributed by atoms with E-state index >= 15 is 0 Å². The number of pyridine rings is 1. The molecule has 1 amide bonds. The highest BCUT2D eigenvalue weighted by Gasteiger charge is 2.23. The van der Waals surface area contributed by atoms with Gasteiger partial charge in [0.05, 0.1) is 6.61 Å². The number of hydrogen-bond donors (Lipinski definition) is 1. The zero-order chi connectivity index (χ0) is 13.0. The number of ether oxygens (including phenoxy) is 1. The molecule has 5 heteroatoms. The third kappa shape index (κ3) is 2.91. The Morgan fingerprint density at radius 3 is 3.17 bits per heavy atom. The summed E-state index contributed by atoms with van der Waals surface area (Å²) in [4.78, 5) is 17.5. The van der Waals surface area contributed by atoms with Crippen molar-refractivity contribution in [1.82, 2.24) is 9.88 Å². The van der Waals surface area contributed by atoms with Crippen LogP contribution in [0.15, 0.2) is 18.3 Å². The SMILES string of the molecule is CCOc1cccnc1NC1CCC(=O)N(C)C1. The molecule has 1 aliphatic rings. The molecule has 1 fully saturated rings. The molecule has 2 rings (SSSR count). The van der Waals surface area contributed by atoms with E-state index in [2.05, 4.69) is 10.3 Å². The Hall–Kier alpha value is -1.78. The first-order valence-corrected chi connectivity index (χ1v) is 6.29. The summed E-state index contributed by atoms with van der Waals surface area (Å²) in [6.07, 6.45) is 3.17. The number of anilines is 1. The molecule has 98 valence electrons. The highest BCUT2D eigenvalue weighted by atomic mass is 16.5. The number of carbonyl (C=O) groups is 1. The van der Waals surface area contributed by atoms with Gasteiger partial charge in [-0.05, 0) is 25.5 Å². The molecule has 2 heterocycles. The Morgan fingerprint density at radius 1 is 1.61 bits per heavy atom.